The van der Waals surface area contributed by atoms with E-state index in [1.54, 1.807) is 6.07 Å². The predicted molar refractivity (Wildman–Crippen MR) is 77.6 cm³/mol. The zero-order valence-electron chi connectivity index (χ0n) is 11.8. The number of benzene rings is 1. The SMILES string of the molecule is CC(C)(C)OCCC(CO)(CO)c1ccccc1Cl. The lowest BCUT2D eigenvalue weighted by Gasteiger charge is -2.32. The van der Waals surface area contributed by atoms with Crippen LogP contribution in [0.25, 0.3) is 0 Å². The van der Waals surface area contributed by atoms with Crippen LogP contribution in [0.4, 0.5) is 0 Å². The van der Waals surface area contributed by atoms with Crippen LogP contribution in [0, 0.1) is 0 Å². The normalized spacial score (nSPS) is 12.7. The minimum absolute atomic E-state index is 0.166. The minimum Gasteiger partial charge on any atom is -0.395 e. The Bertz CT molecular complexity index is 395. The summed E-state index contributed by atoms with van der Waals surface area (Å²) in [4.78, 5) is 0. The summed E-state index contributed by atoms with van der Waals surface area (Å²) in [6.45, 7) is 6.05. The Morgan fingerprint density at radius 2 is 1.68 bits per heavy atom. The standard InChI is InChI=1S/C15H23ClO3/c1-14(2,3)19-9-8-15(10-17,11-18)12-6-4-5-7-13(12)16/h4-7,17-18H,8-11H2,1-3H3. The first-order chi connectivity index (χ1) is 8.84. The van der Waals surface area contributed by atoms with Crippen molar-refractivity contribution >= 4 is 11.6 Å². The third-order valence-electron chi connectivity index (χ3n) is 3.17. The van der Waals surface area contributed by atoms with E-state index in [0.717, 1.165) is 5.56 Å². The van der Waals surface area contributed by atoms with Crippen molar-refractivity contribution in [2.75, 3.05) is 19.8 Å². The fourth-order valence-electron chi connectivity index (χ4n) is 1.96. The molecule has 0 radical (unpaired) electrons. The van der Waals surface area contributed by atoms with Crippen LogP contribution in [0.15, 0.2) is 24.3 Å². The van der Waals surface area contributed by atoms with Gasteiger partial charge in [-0.3, -0.25) is 0 Å². The van der Waals surface area contributed by atoms with Crippen molar-refractivity contribution < 1.29 is 14.9 Å². The summed E-state index contributed by atoms with van der Waals surface area (Å²) in [5, 5.41) is 20.0. The number of rotatable bonds is 6. The van der Waals surface area contributed by atoms with Crippen LogP contribution in [0.1, 0.15) is 32.8 Å². The fourth-order valence-corrected chi connectivity index (χ4v) is 2.29. The average Bonchev–Trinajstić information content (AvgIpc) is 2.35. The van der Waals surface area contributed by atoms with Gasteiger partial charge in [0.05, 0.1) is 18.8 Å². The number of hydrogen-bond acceptors (Lipinski definition) is 3. The summed E-state index contributed by atoms with van der Waals surface area (Å²) >= 11 is 6.17. The number of hydrogen-bond donors (Lipinski definition) is 2. The van der Waals surface area contributed by atoms with Gasteiger partial charge >= 0.3 is 0 Å². The van der Waals surface area contributed by atoms with Crippen molar-refractivity contribution in [3.8, 4) is 0 Å². The van der Waals surface area contributed by atoms with Crippen LogP contribution in [0.2, 0.25) is 5.02 Å². The molecule has 0 fully saturated rings. The van der Waals surface area contributed by atoms with Gasteiger partial charge in [-0.15, -0.1) is 0 Å². The molecule has 0 aliphatic rings. The summed E-state index contributed by atoms with van der Waals surface area (Å²) in [5.41, 5.74) is -0.236. The topological polar surface area (TPSA) is 49.7 Å². The molecule has 2 N–H and O–H groups in total. The van der Waals surface area contributed by atoms with Gasteiger partial charge in [-0.05, 0) is 38.8 Å². The van der Waals surface area contributed by atoms with E-state index in [1.807, 2.05) is 39.0 Å². The van der Waals surface area contributed by atoms with E-state index in [4.69, 9.17) is 16.3 Å². The largest absolute Gasteiger partial charge is 0.395 e. The molecule has 0 aliphatic carbocycles. The third kappa shape index (κ3) is 4.46. The second-order valence-corrected chi connectivity index (χ2v) is 6.19. The minimum atomic E-state index is -0.760. The Morgan fingerprint density at radius 1 is 1.11 bits per heavy atom. The Kier molecular flexibility index (Phi) is 5.81. The number of aliphatic hydroxyl groups is 2. The van der Waals surface area contributed by atoms with Crippen molar-refractivity contribution in [3.05, 3.63) is 34.9 Å². The zero-order chi connectivity index (χ0) is 14.5. The molecule has 108 valence electrons. The lowest BCUT2D eigenvalue weighted by molar-refractivity contribution is -0.0218. The first kappa shape index (κ1) is 16.4. The summed E-state index contributed by atoms with van der Waals surface area (Å²) in [6, 6.07) is 7.29. The molecule has 1 rings (SSSR count). The molecule has 0 aliphatic heterocycles. The van der Waals surface area contributed by atoms with E-state index in [9.17, 15) is 10.2 Å². The molecule has 3 nitrogen and oxygen atoms in total. The molecule has 19 heavy (non-hydrogen) atoms. The molecule has 0 aromatic heterocycles. The van der Waals surface area contributed by atoms with Gasteiger partial charge in [0.2, 0.25) is 0 Å². The highest BCUT2D eigenvalue weighted by molar-refractivity contribution is 6.31. The third-order valence-corrected chi connectivity index (χ3v) is 3.50. The van der Waals surface area contributed by atoms with Crippen molar-refractivity contribution in [2.24, 2.45) is 0 Å². The Balaban J connectivity index is 2.89. The van der Waals surface area contributed by atoms with Gasteiger partial charge in [0, 0.05) is 17.0 Å². The van der Waals surface area contributed by atoms with Crippen molar-refractivity contribution in [1.29, 1.82) is 0 Å². The highest BCUT2D eigenvalue weighted by Crippen LogP contribution is 2.33. The maximum atomic E-state index is 9.71. The second kappa shape index (κ2) is 6.71. The first-order valence-corrected chi connectivity index (χ1v) is 6.83. The monoisotopic (exact) mass is 286 g/mol. The summed E-state index contributed by atoms with van der Waals surface area (Å²) in [5.74, 6) is 0. The molecular formula is C15H23ClO3. The molecule has 0 amide bonds. The number of ether oxygens (including phenoxy) is 1. The van der Waals surface area contributed by atoms with E-state index in [-0.39, 0.29) is 18.8 Å². The van der Waals surface area contributed by atoms with E-state index in [1.165, 1.54) is 0 Å². The molecule has 1 aromatic rings. The van der Waals surface area contributed by atoms with Crippen LogP contribution in [0.5, 0.6) is 0 Å². The van der Waals surface area contributed by atoms with Crippen molar-refractivity contribution in [3.63, 3.8) is 0 Å². The molecule has 0 unspecified atom stereocenters. The highest BCUT2D eigenvalue weighted by atomic mass is 35.5. The molecular weight excluding hydrogens is 264 g/mol. The van der Waals surface area contributed by atoms with Crippen molar-refractivity contribution in [1.82, 2.24) is 0 Å². The Hall–Kier alpha value is -0.610. The van der Waals surface area contributed by atoms with Gasteiger partial charge in [0.15, 0.2) is 0 Å². The van der Waals surface area contributed by atoms with Gasteiger partial charge < -0.3 is 14.9 Å². The van der Waals surface area contributed by atoms with E-state index >= 15 is 0 Å². The maximum absolute atomic E-state index is 9.71. The average molecular weight is 287 g/mol. The molecule has 0 spiro atoms. The quantitative estimate of drug-likeness (QED) is 0.845. The summed E-state index contributed by atoms with van der Waals surface area (Å²) in [7, 11) is 0. The number of aliphatic hydroxyl groups excluding tert-OH is 2. The van der Waals surface area contributed by atoms with Crippen LogP contribution in [-0.2, 0) is 10.2 Å². The van der Waals surface area contributed by atoms with Crippen LogP contribution < -0.4 is 0 Å². The maximum Gasteiger partial charge on any atom is 0.0598 e. The smallest absolute Gasteiger partial charge is 0.0598 e. The van der Waals surface area contributed by atoms with Crippen LogP contribution in [-0.4, -0.2) is 35.6 Å². The van der Waals surface area contributed by atoms with Gasteiger partial charge in [-0.1, -0.05) is 29.8 Å². The second-order valence-electron chi connectivity index (χ2n) is 5.79. The summed E-state index contributed by atoms with van der Waals surface area (Å²) < 4.78 is 5.68. The van der Waals surface area contributed by atoms with Crippen LogP contribution >= 0.6 is 11.6 Å². The van der Waals surface area contributed by atoms with Gasteiger partial charge in [-0.25, -0.2) is 0 Å². The molecule has 0 saturated carbocycles. The molecule has 0 heterocycles. The van der Waals surface area contributed by atoms with Gasteiger partial charge in [-0.2, -0.15) is 0 Å². The van der Waals surface area contributed by atoms with E-state index in [2.05, 4.69) is 0 Å². The predicted octanol–water partition coefficient (Wildman–Crippen LogP) is 2.77. The van der Waals surface area contributed by atoms with E-state index in [0.29, 0.717) is 18.1 Å². The van der Waals surface area contributed by atoms with Crippen molar-refractivity contribution in [2.45, 2.75) is 38.2 Å². The molecule has 0 atom stereocenters. The molecule has 4 heteroatoms. The lowest BCUT2D eigenvalue weighted by atomic mass is 9.79. The Labute approximate surface area is 120 Å². The molecule has 1 aromatic carbocycles. The fraction of sp³-hybridized carbons (Fsp3) is 0.600. The molecule has 0 saturated heterocycles. The van der Waals surface area contributed by atoms with Gasteiger partial charge in [0.25, 0.3) is 0 Å². The Morgan fingerprint density at radius 3 is 2.16 bits per heavy atom. The zero-order valence-corrected chi connectivity index (χ0v) is 12.6. The highest BCUT2D eigenvalue weighted by Gasteiger charge is 2.33. The van der Waals surface area contributed by atoms with E-state index < -0.39 is 5.41 Å². The van der Waals surface area contributed by atoms with Gasteiger partial charge in [0.1, 0.15) is 0 Å². The molecule has 0 bridgehead atoms. The summed E-state index contributed by atoms with van der Waals surface area (Å²) in [6.07, 6.45) is 0.515. The lowest BCUT2D eigenvalue weighted by Crippen LogP contribution is -2.37. The van der Waals surface area contributed by atoms with Crippen LogP contribution in [0.3, 0.4) is 0 Å². The first-order valence-electron chi connectivity index (χ1n) is 6.45. The number of halogens is 1.